The zero-order chi connectivity index (χ0) is 36.8. The molecular formula is C39H48N2O10. The van der Waals surface area contributed by atoms with Gasteiger partial charge < -0.3 is 37.9 Å². The lowest BCUT2D eigenvalue weighted by molar-refractivity contribution is -0.152. The third-order valence-corrected chi connectivity index (χ3v) is 8.51. The van der Waals surface area contributed by atoms with Gasteiger partial charge in [-0.05, 0) is 87.7 Å². The van der Waals surface area contributed by atoms with Crippen molar-refractivity contribution in [3.63, 3.8) is 0 Å². The number of carbonyl (C=O) groups excluding carboxylic acids is 2. The van der Waals surface area contributed by atoms with Crippen LogP contribution in [0.5, 0.6) is 11.5 Å². The maximum atomic E-state index is 12.6. The van der Waals surface area contributed by atoms with Crippen LogP contribution in [0.15, 0.2) is 88.8 Å². The minimum absolute atomic E-state index is 0.0649. The standard InChI is InChI=1S/C21H23NO5.C13H15NO4.C5H10O/c1-15-21(20(23)25-3,14-26-13-16-7-5-4-6-8-16)22-19(27-15)17-9-11-18(24-2)12-10-17;1-8-11(13(15)17-3)14-12(18-8)9-4-6-10(16-2)7-5-9;1-5-3-2-4-6-5/h4-12,15H,13-14H2,1-3H3;4-8,11H,1-3H3;5H,2-4H2,1H3/t15-,21-;8-,11+;/m11./s1. The van der Waals surface area contributed by atoms with Crippen LogP contribution in [0, 0.1) is 0 Å². The Morgan fingerprint density at radius 3 is 1.88 bits per heavy atom. The van der Waals surface area contributed by atoms with Crippen molar-refractivity contribution in [1.29, 1.82) is 0 Å². The molecule has 5 atom stereocenters. The van der Waals surface area contributed by atoms with Gasteiger partial charge in [0.15, 0.2) is 6.04 Å². The molecule has 0 spiro atoms. The topological polar surface area (TPSA) is 133 Å². The number of ether oxygens (including phenoxy) is 8. The quantitative estimate of drug-likeness (QED) is 0.247. The van der Waals surface area contributed by atoms with Gasteiger partial charge in [-0.25, -0.2) is 19.6 Å². The SMILES string of the molecule is CC1CCCO1.COC(=O)[C@H]1N=C(c2ccc(OC)cc2)O[C@@H]1C.COC(=O)[C@]1(COCc2ccccc2)N=C(c2ccc(OC)cc2)O[C@@H]1C. The minimum atomic E-state index is -1.24. The van der Waals surface area contributed by atoms with Crippen molar-refractivity contribution >= 4 is 23.7 Å². The maximum Gasteiger partial charge on any atom is 0.340 e. The number of nitrogens with zero attached hydrogens (tertiary/aromatic N) is 2. The Morgan fingerprint density at radius 2 is 1.39 bits per heavy atom. The van der Waals surface area contributed by atoms with Gasteiger partial charge in [0.25, 0.3) is 0 Å². The highest BCUT2D eigenvalue weighted by atomic mass is 16.6. The van der Waals surface area contributed by atoms with Gasteiger partial charge >= 0.3 is 11.9 Å². The molecule has 3 aromatic carbocycles. The Balaban J connectivity index is 0.000000207. The molecule has 0 bridgehead atoms. The van der Waals surface area contributed by atoms with Crippen LogP contribution in [0.2, 0.25) is 0 Å². The van der Waals surface area contributed by atoms with Gasteiger partial charge in [-0.15, -0.1) is 0 Å². The van der Waals surface area contributed by atoms with E-state index in [1.54, 1.807) is 28.1 Å². The van der Waals surface area contributed by atoms with E-state index in [0.717, 1.165) is 34.8 Å². The first-order valence-electron chi connectivity index (χ1n) is 16.8. The normalized spacial score (nSPS) is 23.1. The number of hydrogen-bond donors (Lipinski definition) is 0. The van der Waals surface area contributed by atoms with Gasteiger partial charge in [-0.1, -0.05) is 30.3 Å². The summed E-state index contributed by atoms with van der Waals surface area (Å²) in [6.07, 6.45) is 2.25. The van der Waals surface area contributed by atoms with E-state index in [9.17, 15) is 9.59 Å². The largest absolute Gasteiger partial charge is 0.497 e. The number of methoxy groups -OCH3 is 4. The van der Waals surface area contributed by atoms with Gasteiger partial charge in [-0.3, -0.25) is 0 Å². The fraction of sp³-hybridized carbons (Fsp3) is 0.436. The lowest BCUT2D eigenvalue weighted by Crippen LogP contribution is -2.49. The highest BCUT2D eigenvalue weighted by molar-refractivity contribution is 6.00. The van der Waals surface area contributed by atoms with Crippen molar-refractivity contribution in [1.82, 2.24) is 0 Å². The summed E-state index contributed by atoms with van der Waals surface area (Å²) in [6.45, 7) is 7.13. The number of aliphatic imine (C=N–C) groups is 2. The van der Waals surface area contributed by atoms with Crippen LogP contribution in [-0.2, 0) is 44.6 Å². The van der Waals surface area contributed by atoms with Crippen LogP contribution in [0.3, 0.4) is 0 Å². The monoisotopic (exact) mass is 704 g/mol. The van der Waals surface area contributed by atoms with E-state index < -0.39 is 23.7 Å². The van der Waals surface area contributed by atoms with E-state index in [4.69, 9.17) is 33.2 Å². The molecule has 1 fully saturated rings. The molecular weight excluding hydrogens is 656 g/mol. The molecule has 3 aromatic rings. The first-order valence-corrected chi connectivity index (χ1v) is 16.8. The predicted molar refractivity (Wildman–Crippen MR) is 191 cm³/mol. The summed E-state index contributed by atoms with van der Waals surface area (Å²) >= 11 is 0. The Bertz CT molecular complexity index is 1610. The molecule has 3 heterocycles. The molecule has 1 unspecified atom stereocenters. The number of carbonyl (C=O) groups is 2. The second kappa shape index (κ2) is 18.9. The molecule has 0 saturated carbocycles. The molecule has 0 amide bonds. The highest BCUT2D eigenvalue weighted by Crippen LogP contribution is 2.31. The summed E-state index contributed by atoms with van der Waals surface area (Å²) in [5.41, 5.74) is 1.35. The third-order valence-electron chi connectivity index (χ3n) is 8.51. The summed E-state index contributed by atoms with van der Waals surface area (Å²) in [6, 6.07) is 23.8. The number of benzene rings is 3. The van der Waals surface area contributed by atoms with Crippen molar-refractivity contribution in [2.75, 3.05) is 41.7 Å². The Hall–Kier alpha value is -4.94. The lowest BCUT2D eigenvalue weighted by Gasteiger charge is -2.26. The van der Waals surface area contributed by atoms with Crippen LogP contribution in [0.1, 0.15) is 50.3 Å². The van der Waals surface area contributed by atoms with E-state index in [1.165, 1.54) is 27.1 Å². The van der Waals surface area contributed by atoms with Gasteiger partial charge in [0.05, 0.1) is 47.8 Å². The van der Waals surface area contributed by atoms with Crippen LogP contribution >= 0.6 is 0 Å². The highest BCUT2D eigenvalue weighted by Gasteiger charge is 2.52. The molecule has 12 heteroatoms. The summed E-state index contributed by atoms with van der Waals surface area (Å²) in [7, 11) is 5.89. The molecule has 0 aromatic heterocycles. The van der Waals surface area contributed by atoms with Gasteiger partial charge in [0.1, 0.15) is 23.7 Å². The fourth-order valence-corrected chi connectivity index (χ4v) is 5.41. The Morgan fingerprint density at radius 1 is 0.784 bits per heavy atom. The van der Waals surface area contributed by atoms with Crippen molar-refractivity contribution < 1.29 is 47.5 Å². The van der Waals surface area contributed by atoms with E-state index in [2.05, 4.69) is 21.6 Å². The lowest BCUT2D eigenvalue weighted by atomic mass is 9.96. The van der Waals surface area contributed by atoms with Crippen molar-refractivity contribution in [3.05, 3.63) is 95.6 Å². The predicted octanol–water partition coefficient (Wildman–Crippen LogP) is 5.58. The van der Waals surface area contributed by atoms with E-state index >= 15 is 0 Å². The second-order valence-electron chi connectivity index (χ2n) is 12.1. The zero-order valence-corrected chi connectivity index (χ0v) is 30.3. The van der Waals surface area contributed by atoms with E-state index in [-0.39, 0.29) is 18.7 Å². The molecule has 3 aliphatic heterocycles. The first-order chi connectivity index (χ1) is 24.6. The zero-order valence-electron chi connectivity index (χ0n) is 30.3. The average Bonchev–Trinajstić information content (AvgIpc) is 3.90. The third kappa shape index (κ3) is 10.3. The number of hydrogen-bond acceptors (Lipinski definition) is 12. The molecule has 12 nitrogen and oxygen atoms in total. The molecule has 1 saturated heterocycles. The van der Waals surface area contributed by atoms with Crippen molar-refractivity contribution in [2.24, 2.45) is 9.98 Å². The summed E-state index contributed by atoms with van der Waals surface area (Å²) in [4.78, 5) is 32.9. The fourth-order valence-electron chi connectivity index (χ4n) is 5.41. The minimum Gasteiger partial charge on any atom is -0.497 e. The van der Waals surface area contributed by atoms with Crippen LogP contribution in [0.25, 0.3) is 0 Å². The van der Waals surface area contributed by atoms with Gasteiger partial charge in [0, 0.05) is 17.7 Å². The maximum absolute atomic E-state index is 12.6. The average molecular weight is 705 g/mol. The molecule has 0 N–H and O–H groups in total. The molecule has 274 valence electrons. The number of rotatable bonds is 10. The molecule has 51 heavy (non-hydrogen) atoms. The van der Waals surface area contributed by atoms with Crippen LogP contribution in [0.4, 0.5) is 0 Å². The number of esters is 2. The second-order valence-corrected chi connectivity index (χ2v) is 12.1. The summed E-state index contributed by atoms with van der Waals surface area (Å²) < 4.78 is 42.4. The van der Waals surface area contributed by atoms with Crippen molar-refractivity contribution in [3.8, 4) is 11.5 Å². The molecule has 0 radical (unpaired) electrons. The Kier molecular flexibility index (Phi) is 14.4. The smallest absolute Gasteiger partial charge is 0.340 e. The molecule has 0 aliphatic carbocycles. The van der Waals surface area contributed by atoms with Gasteiger partial charge in [0.2, 0.25) is 17.3 Å². The Labute approximate surface area is 299 Å². The summed E-state index contributed by atoms with van der Waals surface area (Å²) in [5.74, 6) is 1.47. The summed E-state index contributed by atoms with van der Waals surface area (Å²) in [5, 5.41) is 0. The van der Waals surface area contributed by atoms with Crippen LogP contribution < -0.4 is 9.47 Å². The van der Waals surface area contributed by atoms with Crippen molar-refractivity contribution in [2.45, 2.75) is 70.1 Å². The first kappa shape index (κ1) is 38.9. The molecule has 3 aliphatic rings. The van der Waals surface area contributed by atoms with E-state index in [1.807, 2.05) is 78.9 Å². The molecule has 6 rings (SSSR count). The van der Waals surface area contributed by atoms with Gasteiger partial charge in [-0.2, -0.15) is 0 Å². The van der Waals surface area contributed by atoms with E-state index in [0.29, 0.717) is 24.5 Å². The van der Waals surface area contributed by atoms with Crippen LogP contribution in [-0.4, -0.2) is 95.3 Å².